The number of amides is 5. The van der Waals surface area contributed by atoms with Gasteiger partial charge in [0.2, 0.25) is 0 Å². The summed E-state index contributed by atoms with van der Waals surface area (Å²) < 4.78 is 27.2. The predicted octanol–water partition coefficient (Wildman–Crippen LogP) is 3.30. The summed E-state index contributed by atoms with van der Waals surface area (Å²) in [5.74, 6) is -0.320. The highest BCUT2D eigenvalue weighted by Crippen LogP contribution is 2.22. The van der Waals surface area contributed by atoms with E-state index in [9.17, 15) is 22.8 Å². The van der Waals surface area contributed by atoms with Crippen molar-refractivity contribution in [2.45, 2.75) is 69.0 Å². The Bertz CT molecular complexity index is 1210. The highest BCUT2D eigenvalue weighted by atomic mass is 32.2. The van der Waals surface area contributed by atoms with Gasteiger partial charge in [-0.05, 0) is 55.5 Å². The molecule has 3 N–H and O–H groups in total. The average Bonchev–Trinajstić information content (AvgIpc) is 3.16. The molecule has 2 aliphatic rings. The topological polar surface area (TPSA) is 125 Å². The third-order valence-corrected chi connectivity index (χ3v) is 7.73. The molecular weight excluding hydrogens is 468 g/mol. The van der Waals surface area contributed by atoms with Crippen LogP contribution in [0.5, 0.6) is 0 Å². The van der Waals surface area contributed by atoms with Gasteiger partial charge in [0.25, 0.3) is 15.9 Å². The Balaban J connectivity index is 1.29. The van der Waals surface area contributed by atoms with Crippen LogP contribution in [0.3, 0.4) is 0 Å². The second-order valence-corrected chi connectivity index (χ2v) is 10.8. The number of benzene rings is 2. The second kappa shape index (κ2) is 10.5. The zero-order valence-corrected chi connectivity index (χ0v) is 20.4. The van der Waals surface area contributed by atoms with E-state index in [1.165, 1.54) is 17.0 Å². The Morgan fingerprint density at radius 1 is 1.03 bits per heavy atom. The number of rotatable bonds is 6. The minimum Gasteiger partial charge on any atom is -0.335 e. The van der Waals surface area contributed by atoms with E-state index in [0.717, 1.165) is 43.2 Å². The maximum atomic E-state index is 12.6. The Kier molecular flexibility index (Phi) is 7.39. The molecule has 1 unspecified atom stereocenters. The number of hydrogen-bond acceptors (Lipinski definition) is 5. The van der Waals surface area contributed by atoms with Crippen molar-refractivity contribution < 1.29 is 22.8 Å². The van der Waals surface area contributed by atoms with E-state index < -0.39 is 22.1 Å². The lowest BCUT2D eigenvalue weighted by Gasteiger charge is -2.22. The molecule has 1 atom stereocenters. The summed E-state index contributed by atoms with van der Waals surface area (Å²) in [4.78, 5) is 38.4. The molecule has 10 heteroatoms. The summed E-state index contributed by atoms with van der Waals surface area (Å²) in [5, 5.41) is 5.56. The van der Waals surface area contributed by atoms with Crippen LogP contribution in [0, 0.1) is 0 Å². The van der Waals surface area contributed by atoms with Crippen LogP contribution in [0.2, 0.25) is 0 Å². The van der Waals surface area contributed by atoms with Gasteiger partial charge in [-0.15, -0.1) is 0 Å². The van der Waals surface area contributed by atoms with Crippen molar-refractivity contribution in [2.75, 3.05) is 0 Å². The molecule has 1 aliphatic heterocycles. The van der Waals surface area contributed by atoms with Gasteiger partial charge in [-0.3, -0.25) is 9.69 Å². The van der Waals surface area contributed by atoms with E-state index in [4.69, 9.17) is 0 Å². The summed E-state index contributed by atoms with van der Waals surface area (Å²) >= 11 is 0. The van der Waals surface area contributed by atoms with Crippen LogP contribution in [0.1, 0.15) is 60.5 Å². The molecule has 0 radical (unpaired) electrons. The van der Waals surface area contributed by atoms with Crippen LogP contribution in [0.25, 0.3) is 0 Å². The van der Waals surface area contributed by atoms with Crippen molar-refractivity contribution in [2.24, 2.45) is 0 Å². The fourth-order valence-electron chi connectivity index (χ4n) is 4.56. The number of fused-ring (bicyclic) bond motifs is 1. The number of sulfonamides is 1. The molecular formula is C25H30N4O5S. The van der Waals surface area contributed by atoms with Gasteiger partial charge < -0.3 is 10.6 Å². The molecule has 1 saturated carbocycles. The van der Waals surface area contributed by atoms with Crippen molar-refractivity contribution >= 4 is 28.0 Å². The van der Waals surface area contributed by atoms with Gasteiger partial charge in [0.15, 0.2) is 0 Å². The molecule has 35 heavy (non-hydrogen) atoms. The maximum absolute atomic E-state index is 12.6. The molecule has 2 aromatic rings. The molecule has 1 aliphatic carbocycles. The van der Waals surface area contributed by atoms with Gasteiger partial charge in [-0.25, -0.2) is 22.7 Å². The van der Waals surface area contributed by atoms with Crippen molar-refractivity contribution in [1.82, 2.24) is 20.3 Å². The molecule has 2 aromatic carbocycles. The fraction of sp³-hybridized carbons (Fsp3) is 0.400. The van der Waals surface area contributed by atoms with Gasteiger partial charge in [-0.1, -0.05) is 49.6 Å². The number of imide groups is 1. The molecule has 4 rings (SSSR count). The first-order chi connectivity index (χ1) is 16.7. The minimum absolute atomic E-state index is 0.00282. The van der Waals surface area contributed by atoms with E-state index >= 15 is 0 Å². The predicted molar refractivity (Wildman–Crippen MR) is 130 cm³/mol. The Hall–Kier alpha value is -3.40. The zero-order valence-electron chi connectivity index (χ0n) is 19.6. The maximum Gasteiger partial charge on any atom is 0.328 e. The van der Waals surface area contributed by atoms with Crippen molar-refractivity contribution in [3.63, 3.8) is 0 Å². The molecule has 1 fully saturated rings. The van der Waals surface area contributed by atoms with Crippen molar-refractivity contribution in [1.29, 1.82) is 0 Å². The van der Waals surface area contributed by atoms with Gasteiger partial charge in [0.05, 0.1) is 11.4 Å². The fourth-order valence-corrected chi connectivity index (χ4v) is 5.47. The molecule has 5 amide bonds. The monoisotopic (exact) mass is 498 g/mol. The highest BCUT2D eigenvalue weighted by molar-refractivity contribution is 7.90. The van der Waals surface area contributed by atoms with E-state index in [1.807, 2.05) is 19.1 Å². The molecule has 0 spiro atoms. The van der Waals surface area contributed by atoms with E-state index in [-0.39, 0.29) is 29.4 Å². The number of hydrogen-bond donors (Lipinski definition) is 3. The molecule has 9 nitrogen and oxygen atoms in total. The van der Waals surface area contributed by atoms with Crippen LogP contribution >= 0.6 is 0 Å². The van der Waals surface area contributed by atoms with Gasteiger partial charge in [-0.2, -0.15) is 0 Å². The zero-order chi connectivity index (χ0) is 25.0. The lowest BCUT2D eigenvalue weighted by Crippen LogP contribution is -2.45. The van der Waals surface area contributed by atoms with Crippen LogP contribution in [0.15, 0.2) is 53.4 Å². The standard InChI is InChI=1S/C25H30N4O5S/c1-17(26-25(32)29-16-19-7-5-6-10-22(19)23(29)30)15-18-11-13-21(14-12-18)35(33,34)28-24(31)27-20-8-3-2-4-9-20/h5-7,10-14,17,20H,2-4,8-9,15-16H2,1H3,(H,26,32)(H2,27,28,31). The summed E-state index contributed by atoms with van der Waals surface area (Å²) in [6, 6.07) is 11.8. The number of carbonyl (C=O) groups excluding carboxylic acids is 3. The summed E-state index contributed by atoms with van der Waals surface area (Å²) in [7, 11) is -3.99. The quantitative estimate of drug-likeness (QED) is 0.564. The van der Waals surface area contributed by atoms with Gasteiger partial charge in [0, 0.05) is 17.6 Å². The third kappa shape index (κ3) is 6.00. The van der Waals surface area contributed by atoms with Crippen molar-refractivity contribution in [3.05, 3.63) is 65.2 Å². The van der Waals surface area contributed by atoms with Gasteiger partial charge >= 0.3 is 12.1 Å². The first kappa shape index (κ1) is 24.7. The summed E-state index contributed by atoms with van der Waals surface area (Å²) in [5.41, 5.74) is 2.16. The van der Waals surface area contributed by atoms with Crippen LogP contribution < -0.4 is 15.4 Å². The number of nitrogens with zero attached hydrogens (tertiary/aromatic N) is 1. The Morgan fingerprint density at radius 3 is 2.40 bits per heavy atom. The summed E-state index contributed by atoms with van der Waals surface area (Å²) in [6.45, 7) is 2.05. The first-order valence-corrected chi connectivity index (χ1v) is 13.3. The van der Waals surface area contributed by atoms with E-state index in [2.05, 4.69) is 15.4 Å². The number of urea groups is 2. The third-order valence-electron chi connectivity index (χ3n) is 6.38. The Labute approximate surface area is 205 Å². The normalized spacial score (nSPS) is 16.9. The van der Waals surface area contributed by atoms with Crippen molar-refractivity contribution in [3.8, 4) is 0 Å². The molecule has 186 valence electrons. The minimum atomic E-state index is -3.99. The summed E-state index contributed by atoms with van der Waals surface area (Å²) in [6.07, 6.45) is 5.35. The van der Waals surface area contributed by atoms with E-state index in [0.29, 0.717) is 12.0 Å². The number of carbonyl (C=O) groups is 3. The second-order valence-electron chi connectivity index (χ2n) is 9.16. The molecule has 0 aromatic heterocycles. The molecule has 1 heterocycles. The Morgan fingerprint density at radius 2 is 1.71 bits per heavy atom. The van der Waals surface area contributed by atoms with Crippen LogP contribution in [0.4, 0.5) is 9.59 Å². The average molecular weight is 499 g/mol. The van der Waals surface area contributed by atoms with E-state index in [1.54, 1.807) is 24.3 Å². The SMILES string of the molecule is CC(Cc1ccc(S(=O)(=O)NC(=O)NC2CCCCC2)cc1)NC(=O)N1Cc2ccccc2C1=O. The number of nitrogens with one attached hydrogen (secondary N) is 3. The van der Waals surface area contributed by atoms with Gasteiger partial charge in [0.1, 0.15) is 0 Å². The first-order valence-electron chi connectivity index (χ1n) is 11.9. The largest absolute Gasteiger partial charge is 0.335 e. The smallest absolute Gasteiger partial charge is 0.328 e. The molecule has 0 bridgehead atoms. The highest BCUT2D eigenvalue weighted by Gasteiger charge is 2.32. The van der Waals surface area contributed by atoms with Crippen LogP contribution in [-0.2, 0) is 23.0 Å². The molecule has 0 saturated heterocycles. The lowest BCUT2D eigenvalue weighted by atomic mass is 9.96. The van der Waals surface area contributed by atoms with Crippen LogP contribution in [-0.4, -0.2) is 43.4 Å². The lowest BCUT2D eigenvalue weighted by molar-refractivity contribution is 0.0819.